The van der Waals surface area contributed by atoms with Crippen molar-refractivity contribution in [3.63, 3.8) is 0 Å². The first-order chi connectivity index (χ1) is 7.99. The van der Waals surface area contributed by atoms with Crippen LogP contribution in [0.15, 0.2) is 0 Å². The van der Waals surface area contributed by atoms with E-state index in [1.165, 1.54) is 11.3 Å². The molecule has 8 heteroatoms. The molecule has 0 fully saturated rings. The number of rotatable bonds is 4. The number of hydrogen-bond acceptors (Lipinski definition) is 6. The molecule has 7 nitrogen and oxygen atoms in total. The van der Waals surface area contributed by atoms with Gasteiger partial charge in [-0.25, -0.2) is 0 Å². The van der Waals surface area contributed by atoms with E-state index in [9.17, 15) is 9.59 Å². The molecule has 0 aliphatic carbocycles. The van der Waals surface area contributed by atoms with E-state index in [0.717, 1.165) is 5.01 Å². The van der Waals surface area contributed by atoms with E-state index >= 15 is 0 Å². The van der Waals surface area contributed by atoms with Gasteiger partial charge in [0.25, 0.3) is 0 Å². The highest BCUT2D eigenvalue weighted by molar-refractivity contribution is 7.15. The molecule has 1 heterocycles. The van der Waals surface area contributed by atoms with E-state index in [1.54, 1.807) is 6.92 Å². The normalized spacial score (nSPS) is 10.4. The second-order valence-corrected chi connectivity index (χ2v) is 4.82. The predicted molar refractivity (Wildman–Crippen MR) is 64.8 cm³/mol. The van der Waals surface area contributed by atoms with E-state index in [-0.39, 0.29) is 0 Å². The average molecular weight is 257 g/mol. The van der Waals surface area contributed by atoms with Crippen LogP contribution in [-0.2, 0) is 9.59 Å². The Labute approximate surface area is 103 Å². The first-order valence-electron chi connectivity index (χ1n) is 5.03. The van der Waals surface area contributed by atoms with Gasteiger partial charge in [-0.05, 0) is 21.0 Å². The van der Waals surface area contributed by atoms with Crippen molar-refractivity contribution in [3.8, 4) is 0 Å². The maximum absolute atomic E-state index is 11.4. The molecule has 2 N–H and O–H groups in total. The summed E-state index contributed by atoms with van der Waals surface area (Å²) in [5, 5.41) is 13.4. The summed E-state index contributed by atoms with van der Waals surface area (Å²) < 4.78 is 0. The molecule has 2 amide bonds. The zero-order chi connectivity index (χ0) is 12.8. The molecule has 0 saturated heterocycles. The average Bonchev–Trinajstić information content (AvgIpc) is 2.63. The van der Waals surface area contributed by atoms with Gasteiger partial charge in [0.15, 0.2) is 0 Å². The molecule has 0 aliphatic rings. The lowest BCUT2D eigenvalue weighted by Gasteiger charge is -2.09. The van der Waals surface area contributed by atoms with Crippen LogP contribution in [0.5, 0.6) is 0 Å². The van der Waals surface area contributed by atoms with Gasteiger partial charge in [0.1, 0.15) is 5.01 Å². The minimum absolute atomic E-state index is 0.329. The summed E-state index contributed by atoms with van der Waals surface area (Å²) in [6.45, 7) is 2.87. The Morgan fingerprint density at radius 1 is 1.29 bits per heavy atom. The van der Waals surface area contributed by atoms with Crippen LogP contribution in [0.4, 0.5) is 5.13 Å². The lowest BCUT2D eigenvalue weighted by Crippen LogP contribution is -2.38. The number of likely N-dealkylation sites (N-methyl/N-ethyl adjacent to an activating group) is 1. The summed E-state index contributed by atoms with van der Waals surface area (Å²) >= 11 is 1.22. The summed E-state index contributed by atoms with van der Waals surface area (Å²) in [6, 6.07) is 0. The minimum atomic E-state index is -0.722. The molecule has 0 unspecified atom stereocenters. The van der Waals surface area contributed by atoms with E-state index in [0.29, 0.717) is 18.2 Å². The number of carbonyl (C=O) groups excluding carboxylic acids is 2. The number of nitrogens with one attached hydrogen (secondary N) is 2. The van der Waals surface area contributed by atoms with Crippen LogP contribution >= 0.6 is 11.3 Å². The fourth-order valence-corrected chi connectivity index (χ4v) is 1.56. The number of carbonyl (C=O) groups is 2. The van der Waals surface area contributed by atoms with Gasteiger partial charge in [-0.15, -0.1) is 10.2 Å². The molecule has 0 bridgehead atoms. The lowest BCUT2D eigenvalue weighted by molar-refractivity contribution is -0.136. The molecule has 0 spiro atoms. The number of hydrogen-bond donors (Lipinski definition) is 2. The molecule has 1 aromatic heterocycles. The van der Waals surface area contributed by atoms with Gasteiger partial charge in [-0.1, -0.05) is 11.3 Å². The van der Waals surface area contributed by atoms with Crippen molar-refractivity contribution in [1.82, 2.24) is 20.4 Å². The lowest BCUT2D eigenvalue weighted by atomic mass is 10.5. The summed E-state index contributed by atoms with van der Waals surface area (Å²) in [5.74, 6) is -1.39. The van der Waals surface area contributed by atoms with Crippen LogP contribution in [0.1, 0.15) is 5.01 Å². The Kier molecular flexibility index (Phi) is 4.98. The van der Waals surface area contributed by atoms with Gasteiger partial charge in [0, 0.05) is 13.1 Å². The van der Waals surface area contributed by atoms with Gasteiger partial charge in [0.2, 0.25) is 5.13 Å². The fraction of sp³-hybridized carbons (Fsp3) is 0.556. The van der Waals surface area contributed by atoms with Crippen molar-refractivity contribution in [2.45, 2.75) is 6.92 Å². The first-order valence-corrected chi connectivity index (χ1v) is 5.84. The van der Waals surface area contributed by atoms with Crippen LogP contribution in [-0.4, -0.2) is 54.1 Å². The van der Waals surface area contributed by atoms with Gasteiger partial charge >= 0.3 is 11.8 Å². The number of aryl methyl sites for hydroxylation is 1. The van der Waals surface area contributed by atoms with E-state index in [4.69, 9.17) is 0 Å². The molecular weight excluding hydrogens is 242 g/mol. The molecule has 0 aliphatic heterocycles. The highest BCUT2D eigenvalue weighted by Crippen LogP contribution is 2.12. The molecule has 0 radical (unpaired) electrons. The summed E-state index contributed by atoms with van der Waals surface area (Å²) in [6.07, 6.45) is 0. The predicted octanol–water partition coefficient (Wildman–Crippen LogP) is -0.537. The van der Waals surface area contributed by atoms with Crippen LogP contribution < -0.4 is 10.6 Å². The molecule has 0 aromatic carbocycles. The summed E-state index contributed by atoms with van der Waals surface area (Å²) in [5.41, 5.74) is 0. The topological polar surface area (TPSA) is 87.2 Å². The van der Waals surface area contributed by atoms with Crippen LogP contribution in [0.2, 0.25) is 0 Å². The maximum Gasteiger partial charge on any atom is 0.315 e. The van der Waals surface area contributed by atoms with Gasteiger partial charge < -0.3 is 10.2 Å². The maximum atomic E-state index is 11.4. The van der Waals surface area contributed by atoms with Crippen LogP contribution in [0.25, 0.3) is 0 Å². The highest BCUT2D eigenvalue weighted by atomic mass is 32.1. The van der Waals surface area contributed by atoms with Crippen LogP contribution in [0.3, 0.4) is 0 Å². The van der Waals surface area contributed by atoms with Crippen molar-refractivity contribution >= 4 is 28.3 Å². The number of amides is 2. The summed E-state index contributed by atoms with van der Waals surface area (Å²) in [7, 11) is 3.77. The van der Waals surface area contributed by atoms with Gasteiger partial charge in [-0.3, -0.25) is 14.9 Å². The third-order valence-electron chi connectivity index (χ3n) is 1.80. The van der Waals surface area contributed by atoms with E-state index in [2.05, 4.69) is 20.8 Å². The number of nitrogens with zero attached hydrogens (tertiary/aromatic N) is 3. The zero-order valence-electron chi connectivity index (χ0n) is 9.98. The molecule has 17 heavy (non-hydrogen) atoms. The van der Waals surface area contributed by atoms with Crippen molar-refractivity contribution in [3.05, 3.63) is 5.01 Å². The molecular formula is C9H15N5O2S. The smallest absolute Gasteiger partial charge is 0.315 e. The Hall–Kier alpha value is -1.54. The third-order valence-corrected chi connectivity index (χ3v) is 2.55. The standard InChI is InChI=1S/C9H15N5O2S/c1-6-12-13-9(17-6)11-8(16)7(15)10-4-5-14(2)3/h4-5H2,1-3H3,(H,10,15)(H,11,13,16). The van der Waals surface area contributed by atoms with Crippen molar-refractivity contribution in [2.75, 3.05) is 32.5 Å². The number of anilines is 1. The monoisotopic (exact) mass is 257 g/mol. The van der Waals surface area contributed by atoms with Gasteiger partial charge in [-0.2, -0.15) is 0 Å². The fourth-order valence-electron chi connectivity index (χ4n) is 0.974. The Morgan fingerprint density at radius 2 is 2.00 bits per heavy atom. The van der Waals surface area contributed by atoms with E-state index < -0.39 is 11.8 Å². The van der Waals surface area contributed by atoms with Crippen LogP contribution in [0, 0.1) is 6.92 Å². The van der Waals surface area contributed by atoms with E-state index in [1.807, 2.05) is 19.0 Å². The SMILES string of the molecule is Cc1nnc(NC(=O)C(=O)NCCN(C)C)s1. The zero-order valence-corrected chi connectivity index (χ0v) is 10.8. The Bertz CT molecular complexity index is 404. The molecule has 1 rings (SSSR count). The van der Waals surface area contributed by atoms with Crippen molar-refractivity contribution < 1.29 is 9.59 Å². The largest absolute Gasteiger partial charge is 0.347 e. The third kappa shape index (κ3) is 4.87. The number of aromatic nitrogens is 2. The highest BCUT2D eigenvalue weighted by Gasteiger charge is 2.14. The Balaban J connectivity index is 2.34. The van der Waals surface area contributed by atoms with Gasteiger partial charge in [0.05, 0.1) is 0 Å². The van der Waals surface area contributed by atoms with Crippen molar-refractivity contribution in [2.24, 2.45) is 0 Å². The molecule has 0 atom stereocenters. The van der Waals surface area contributed by atoms with Crippen molar-refractivity contribution in [1.29, 1.82) is 0 Å². The molecule has 1 aromatic rings. The quantitative estimate of drug-likeness (QED) is 0.708. The first kappa shape index (κ1) is 13.5. The molecule has 94 valence electrons. The minimum Gasteiger partial charge on any atom is -0.347 e. The second kappa shape index (κ2) is 6.26. The second-order valence-electron chi connectivity index (χ2n) is 3.64. The summed E-state index contributed by atoms with van der Waals surface area (Å²) in [4.78, 5) is 24.7. The Morgan fingerprint density at radius 3 is 2.53 bits per heavy atom. The molecule has 0 saturated carbocycles.